The first kappa shape index (κ1) is 21.6. The Morgan fingerprint density at radius 2 is 1.93 bits per heavy atom. The maximum Gasteiger partial charge on any atom is 0.233 e. The van der Waals surface area contributed by atoms with E-state index in [0.29, 0.717) is 11.6 Å². The average Bonchev–Trinajstić information content (AvgIpc) is 3.08. The third kappa shape index (κ3) is 4.91. The lowest BCUT2D eigenvalue weighted by molar-refractivity contribution is 0.600. The highest BCUT2D eigenvalue weighted by Gasteiger charge is 2.23. The number of nitrogens with zero attached hydrogens (tertiary/aromatic N) is 6. The molecule has 30 heavy (non-hydrogen) atoms. The highest BCUT2D eigenvalue weighted by molar-refractivity contribution is 7.92. The van der Waals surface area contributed by atoms with Crippen LogP contribution in [-0.2, 0) is 10.0 Å². The molecule has 0 amide bonds. The van der Waals surface area contributed by atoms with Crippen LogP contribution in [0.25, 0.3) is 0 Å². The van der Waals surface area contributed by atoms with Gasteiger partial charge in [0.1, 0.15) is 10.8 Å². The van der Waals surface area contributed by atoms with E-state index in [0.717, 1.165) is 28.6 Å². The molecule has 160 valence electrons. The number of nitrogens with one attached hydrogen (secondary N) is 3. The molecule has 3 N–H and O–H groups in total. The minimum atomic E-state index is -3.65. The number of halogens is 2. The lowest BCUT2D eigenvalue weighted by Gasteiger charge is -2.20. The molecule has 0 spiro atoms. The van der Waals surface area contributed by atoms with E-state index >= 15 is 0 Å². The van der Waals surface area contributed by atoms with Gasteiger partial charge in [-0.2, -0.15) is 15.1 Å². The summed E-state index contributed by atoms with van der Waals surface area (Å²) < 4.78 is 38.1. The number of hydrogen-bond acceptors (Lipinski definition) is 9. The summed E-state index contributed by atoms with van der Waals surface area (Å²) in [5.41, 5.74) is 0.802. The van der Waals surface area contributed by atoms with Crippen molar-refractivity contribution in [3.8, 4) is 0 Å². The second kappa shape index (κ2) is 8.36. The number of aromatic nitrogens is 6. The van der Waals surface area contributed by atoms with Crippen LogP contribution in [0, 0.1) is 12.7 Å². The van der Waals surface area contributed by atoms with Crippen LogP contribution in [0.15, 0.2) is 18.5 Å². The van der Waals surface area contributed by atoms with Gasteiger partial charge in [0, 0.05) is 18.8 Å². The Morgan fingerprint density at radius 3 is 2.50 bits per heavy atom. The van der Waals surface area contributed by atoms with E-state index in [1.165, 1.54) is 7.05 Å². The van der Waals surface area contributed by atoms with Gasteiger partial charge < -0.3 is 10.6 Å². The number of hydrogen-bond donors (Lipinski definition) is 3. The van der Waals surface area contributed by atoms with E-state index in [9.17, 15) is 12.8 Å². The lowest BCUT2D eigenvalue weighted by atomic mass is 10.3. The lowest BCUT2D eigenvalue weighted by Crippen LogP contribution is -2.27. The van der Waals surface area contributed by atoms with Crippen molar-refractivity contribution in [2.45, 2.75) is 19.9 Å². The zero-order valence-corrected chi connectivity index (χ0v) is 18.0. The van der Waals surface area contributed by atoms with Crippen LogP contribution in [0.5, 0.6) is 0 Å². The third-order valence-corrected chi connectivity index (χ3v) is 5.47. The van der Waals surface area contributed by atoms with Crippen LogP contribution in [-0.4, -0.2) is 51.9 Å². The topological polar surface area (TPSA) is 142 Å². The molecule has 0 saturated carbocycles. The van der Waals surface area contributed by atoms with Crippen LogP contribution in [0.1, 0.15) is 24.5 Å². The molecule has 0 aromatic carbocycles. The van der Waals surface area contributed by atoms with Crippen LogP contribution < -0.4 is 14.9 Å². The SMILES string of the molecule is Cc1cc(Nc2nc(N[C@@H](C)c3ncc(F)cn3)nc(N(C)S(C)(=O)=O)c2Cl)n[nH]1. The minimum absolute atomic E-state index is 0.0141. The fourth-order valence-corrected chi connectivity index (χ4v) is 3.11. The predicted molar refractivity (Wildman–Crippen MR) is 111 cm³/mol. The van der Waals surface area contributed by atoms with Gasteiger partial charge in [0.15, 0.2) is 23.3 Å². The number of anilines is 4. The average molecular weight is 456 g/mol. The number of rotatable bonds is 7. The summed E-state index contributed by atoms with van der Waals surface area (Å²) in [6, 6.07) is 1.21. The number of sulfonamides is 1. The maximum atomic E-state index is 13.1. The van der Waals surface area contributed by atoms with Gasteiger partial charge in [0.25, 0.3) is 0 Å². The molecule has 3 aromatic rings. The molecule has 1 atom stereocenters. The standard InChI is InChI=1S/C16H19ClFN9O2S/c1-8-5-11(26-25-8)22-14-12(17)15(27(3)30(4,28)29)24-16(23-14)21-9(2)13-19-6-10(18)7-20-13/h5-7,9H,1-4H3,(H3,21,22,23,24,25,26)/t9-/m0/s1. The van der Waals surface area contributed by atoms with Crippen molar-refractivity contribution in [2.24, 2.45) is 0 Å². The van der Waals surface area contributed by atoms with Gasteiger partial charge in [-0.3, -0.25) is 9.40 Å². The molecule has 0 aliphatic rings. The smallest absolute Gasteiger partial charge is 0.233 e. The van der Waals surface area contributed by atoms with Crippen molar-refractivity contribution >= 4 is 45.0 Å². The number of aromatic amines is 1. The van der Waals surface area contributed by atoms with Crippen molar-refractivity contribution in [1.29, 1.82) is 0 Å². The van der Waals surface area contributed by atoms with E-state index in [1.54, 1.807) is 13.0 Å². The molecule has 14 heteroatoms. The largest absolute Gasteiger partial charge is 0.344 e. The first-order chi connectivity index (χ1) is 14.0. The molecule has 3 aromatic heterocycles. The molecule has 3 heterocycles. The second-order valence-corrected chi connectivity index (χ2v) is 8.84. The Hall–Kier alpha value is -3.06. The monoisotopic (exact) mass is 455 g/mol. The van der Waals surface area contributed by atoms with Gasteiger partial charge in [-0.25, -0.2) is 22.8 Å². The Morgan fingerprint density at radius 1 is 1.27 bits per heavy atom. The maximum absolute atomic E-state index is 13.1. The van der Waals surface area contributed by atoms with Gasteiger partial charge >= 0.3 is 0 Å². The molecule has 11 nitrogen and oxygen atoms in total. The Balaban J connectivity index is 2.00. The zero-order chi connectivity index (χ0) is 22.1. The number of H-pyrrole nitrogens is 1. The molecule has 0 bridgehead atoms. The fourth-order valence-electron chi connectivity index (χ4n) is 2.36. The van der Waals surface area contributed by atoms with Gasteiger partial charge in [0.05, 0.1) is 24.7 Å². The first-order valence-corrected chi connectivity index (χ1v) is 10.8. The quantitative estimate of drug-likeness (QED) is 0.489. The number of aryl methyl sites for hydroxylation is 1. The molecule has 0 aliphatic heterocycles. The van der Waals surface area contributed by atoms with Crippen molar-refractivity contribution in [1.82, 2.24) is 30.1 Å². The summed E-state index contributed by atoms with van der Waals surface area (Å²) in [6.45, 7) is 3.54. The van der Waals surface area contributed by atoms with E-state index in [-0.39, 0.29) is 22.6 Å². The summed E-state index contributed by atoms with van der Waals surface area (Å²) in [5.74, 6) is 0.316. The van der Waals surface area contributed by atoms with Crippen LogP contribution in [0.4, 0.5) is 27.8 Å². The van der Waals surface area contributed by atoms with Crippen molar-refractivity contribution in [2.75, 3.05) is 28.2 Å². The van der Waals surface area contributed by atoms with Gasteiger partial charge in [0.2, 0.25) is 16.0 Å². The molecule has 0 saturated heterocycles. The molecule has 0 unspecified atom stereocenters. The Bertz CT molecular complexity index is 1150. The van der Waals surface area contributed by atoms with Crippen molar-refractivity contribution in [3.63, 3.8) is 0 Å². The van der Waals surface area contributed by atoms with E-state index in [4.69, 9.17) is 11.6 Å². The van der Waals surface area contributed by atoms with Gasteiger partial charge in [-0.1, -0.05) is 11.6 Å². The van der Waals surface area contributed by atoms with Crippen LogP contribution >= 0.6 is 11.6 Å². The summed E-state index contributed by atoms with van der Waals surface area (Å²) in [5, 5.41) is 12.7. The predicted octanol–water partition coefficient (Wildman–Crippen LogP) is 2.40. The molecular formula is C16H19ClFN9O2S. The Kier molecular flexibility index (Phi) is 6.03. The van der Waals surface area contributed by atoms with Gasteiger partial charge in [-0.05, 0) is 13.8 Å². The van der Waals surface area contributed by atoms with E-state index in [1.807, 2.05) is 6.92 Å². The highest BCUT2D eigenvalue weighted by atomic mass is 35.5. The van der Waals surface area contributed by atoms with Crippen LogP contribution in [0.2, 0.25) is 5.02 Å². The summed E-state index contributed by atoms with van der Waals surface area (Å²) in [6.07, 6.45) is 3.11. The van der Waals surface area contributed by atoms with Crippen LogP contribution in [0.3, 0.4) is 0 Å². The molecule has 0 aliphatic carbocycles. The molecule has 3 rings (SSSR count). The summed E-state index contributed by atoms with van der Waals surface area (Å²) >= 11 is 6.38. The van der Waals surface area contributed by atoms with Crippen molar-refractivity contribution in [3.05, 3.63) is 40.8 Å². The molecule has 0 radical (unpaired) electrons. The molecular weight excluding hydrogens is 437 g/mol. The fraction of sp³-hybridized carbons (Fsp3) is 0.312. The highest BCUT2D eigenvalue weighted by Crippen LogP contribution is 2.33. The first-order valence-electron chi connectivity index (χ1n) is 8.59. The zero-order valence-electron chi connectivity index (χ0n) is 16.5. The van der Waals surface area contributed by atoms with Gasteiger partial charge in [-0.15, -0.1) is 0 Å². The van der Waals surface area contributed by atoms with Crippen molar-refractivity contribution < 1.29 is 12.8 Å². The summed E-state index contributed by atoms with van der Waals surface area (Å²) in [7, 11) is -2.33. The third-order valence-electron chi connectivity index (χ3n) is 3.96. The Labute approximate surface area is 177 Å². The van der Waals surface area contributed by atoms with E-state index < -0.39 is 21.9 Å². The summed E-state index contributed by atoms with van der Waals surface area (Å²) in [4.78, 5) is 16.4. The second-order valence-electron chi connectivity index (χ2n) is 6.45. The van der Waals surface area contributed by atoms with E-state index in [2.05, 4.69) is 40.8 Å². The molecule has 0 fully saturated rings. The normalized spacial score (nSPS) is 12.5. The minimum Gasteiger partial charge on any atom is -0.344 e.